The summed E-state index contributed by atoms with van der Waals surface area (Å²) in [4.78, 5) is 2.52. The van der Waals surface area contributed by atoms with Crippen molar-refractivity contribution in [2.24, 2.45) is 5.73 Å². The average Bonchev–Trinajstić information content (AvgIpc) is 2.55. The lowest BCUT2D eigenvalue weighted by Crippen LogP contribution is -2.44. The highest BCUT2D eigenvalue weighted by atomic mass is 16.5. The van der Waals surface area contributed by atoms with Crippen LogP contribution in [0.1, 0.15) is 57.1 Å². The van der Waals surface area contributed by atoms with E-state index in [0.29, 0.717) is 6.04 Å². The highest BCUT2D eigenvalue weighted by Gasteiger charge is 2.29. The highest BCUT2D eigenvalue weighted by Crippen LogP contribution is 2.32. The lowest BCUT2D eigenvalue weighted by atomic mass is 9.89. The summed E-state index contributed by atoms with van der Waals surface area (Å²) in [6, 6.07) is 9.48. The Balaban J connectivity index is 2.24. The fraction of sp³-hybridized carbons (Fsp3) is 0.667. The summed E-state index contributed by atoms with van der Waals surface area (Å²) >= 11 is 0. The van der Waals surface area contributed by atoms with Crippen molar-refractivity contribution in [3.8, 4) is 5.75 Å². The molecule has 1 aliphatic carbocycles. The van der Waals surface area contributed by atoms with Crippen molar-refractivity contribution in [3.05, 3.63) is 29.8 Å². The Hall–Kier alpha value is -1.06. The maximum absolute atomic E-state index is 6.47. The van der Waals surface area contributed by atoms with E-state index in [2.05, 4.69) is 37.1 Å². The number of rotatable bonds is 6. The second-order valence-electron chi connectivity index (χ2n) is 6.25. The lowest BCUT2D eigenvalue weighted by molar-refractivity contribution is 0.118. The Labute approximate surface area is 129 Å². The van der Waals surface area contributed by atoms with Crippen molar-refractivity contribution in [3.63, 3.8) is 0 Å². The number of nitrogens with zero attached hydrogens (tertiary/aromatic N) is 1. The van der Waals surface area contributed by atoms with Gasteiger partial charge in [-0.15, -0.1) is 0 Å². The van der Waals surface area contributed by atoms with E-state index in [0.717, 1.165) is 12.2 Å². The van der Waals surface area contributed by atoms with Gasteiger partial charge in [0.25, 0.3) is 0 Å². The van der Waals surface area contributed by atoms with E-state index >= 15 is 0 Å². The zero-order chi connectivity index (χ0) is 15.2. The van der Waals surface area contributed by atoms with Crippen molar-refractivity contribution >= 4 is 0 Å². The molecule has 0 radical (unpaired) electrons. The molecule has 3 nitrogen and oxygen atoms in total. The number of methoxy groups -OCH3 is 1. The molecule has 2 atom stereocenters. The van der Waals surface area contributed by atoms with E-state index in [1.54, 1.807) is 7.11 Å². The van der Waals surface area contributed by atoms with Crippen molar-refractivity contribution in [2.75, 3.05) is 14.2 Å². The third-order valence-corrected chi connectivity index (χ3v) is 4.90. The molecule has 0 aliphatic heterocycles. The fourth-order valence-corrected chi connectivity index (χ4v) is 3.55. The summed E-state index contributed by atoms with van der Waals surface area (Å²) < 4.78 is 5.38. The molecule has 0 heterocycles. The summed E-state index contributed by atoms with van der Waals surface area (Å²) in [6.07, 6.45) is 7.66. The fourth-order valence-electron chi connectivity index (χ4n) is 3.55. The van der Waals surface area contributed by atoms with E-state index in [9.17, 15) is 0 Å². The Morgan fingerprint density at radius 2 is 2.00 bits per heavy atom. The van der Waals surface area contributed by atoms with Gasteiger partial charge in [0.15, 0.2) is 0 Å². The first-order valence-corrected chi connectivity index (χ1v) is 8.28. The van der Waals surface area contributed by atoms with Gasteiger partial charge in [-0.2, -0.15) is 0 Å². The number of nitrogens with two attached hydrogens (primary N) is 1. The van der Waals surface area contributed by atoms with E-state index in [-0.39, 0.29) is 12.1 Å². The van der Waals surface area contributed by atoms with E-state index < -0.39 is 0 Å². The van der Waals surface area contributed by atoms with Crippen LogP contribution in [-0.2, 0) is 0 Å². The monoisotopic (exact) mass is 290 g/mol. The van der Waals surface area contributed by atoms with Gasteiger partial charge < -0.3 is 10.5 Å². The number of hydrogen-bond donors (Lipinski definition) is 1. The molecule has 2 N–H and O–H groups in total. The van der Waals surface area contributed by atoms with Crippen LogP contribution in [0.4, 0.5) is 0 Å². The highest BCUT2D eigenvalue weighted by molar-refractivity contribution is 5.31. The summed E-state index contributed by atoms with van der Waals surface area (Å²) in [7, 11) is 3.97. The van der Waals surface area contributed by atoms with Gasteiger partial charge in [0, 0.05) is 18.1 Å². The summed E-state index contributed by atoms with van der Waals surface area (Å²) in [5.74, 6) is 0.915. The minimum atomic E-state index is 0.157. The molecule has 1 aromatic rings. The molecule has 2 rings (SSSR count). The molecule has 21 heavy (non-hydrogen) atoms. The normalized spacial score (nSPS) is 19.5. The van der Waals surface area contributed by atoms with Crippen LogP contribution in [0.25, 0.3) is 0 Å². The van der Waals surface area contributed by atoms with E-state index in [1.165, 1.54) is 37.7 Å². The van der Waals surface area contributed by atoms with Crippen LogP contribution in [0.2, 0.25) is 0 Å². The van der Waals surface area contributed by atoms with Crippen LogP contribution < -0.4 is 10.5 Å². The van der Waals surface area contributed by atoms with Gasteiger partial charge in [0.05, 0.1) is 7.11 Å². The number of ether oxygens (including phenoxy) is 1. The van der Waals surface area contributed by atoms with Crippen LogP contribution >= 0.6 is 0 Å². The van der Waals surface area contributed by atoms with Gasteiger partial charge in [-0.05, 0) is 44.0 Å². The molecule has 1 aliphatic rings. The Kier molecular flexibility index (Phi) is 6.07. The molecule has 0 aromatic heterocycles. The standard InChI is InChI=1S/C18H30N2O/c1-4-17(19)18(14-9-8-12-16(13-14)21-3)20(2)15-10-6-5-7-11-15/h8-9,12-13,15,17-18H,4-7,10-11,19H2,1-3H3. The van der Waals surface area contributed by atoms with E-state index in [1.807, 2.05) is 6.07 Å². The average molecular weight is 290 g/mol. The van der Waals surface area contributed by atoms with Gasteiger partial charge in [0.1, 0.15) is 5.75 Å². The minimum Gasteiger partial charge on any atom is -0.497 e. The minimum absolute atomic E-state index is 0.157. The number of benzene rings is 1. The zero-order valence-corrected chi connectivity index (χ0v) is 13.7. The second-order valence-corrected chi connectivity index (χ2v) is 6.25. The second kappa shape index (κ2) is 7.81. The molecule has 1 fully saturated rings. The third kappa shape index (κ3) is 3.98. The maximum Gasteiger partial charge on any atom is 0.119 e. The largest absolute Gasteiger partial charge is 0.497 e. The molecule has 1 saturated carbocycles. The van der Waals surface area contributed by atoms with Crippen LogP contribution in [0.5, 0.6) is 5.75 Å². The van der Waals surface area contributed by atoms with Crippen molar-refractivity contribution in [1.82, 2.24) is 4.90 Å². The molecule has 0 saturated heterocycles. The molecule has 0 bridgehead atoms. The molecular weight excluding hydrogens is 260 g/mol. The first kappa shape index (κ1) is 16.3. The van der Waals surface area contributed by atoms with Gasteiger partial charge in [0.2, 0.25) is 0 Å². The molecule has 118 valence electrons. The van der Waals surface area contributed by atoms with Gasteiger partial charge in [-0.25, -0.2) is 0 Å². The summed E-state index contributed by atoms with van der Waals surface area (Å²) in [5, 5.41) is 0. The van der Waals surface area contributed by atoms with Crippen molar-refractivity contribution in [2.45, 2.75) is 63.6 Å². The predicted octanol–water partition coefficient (Wildman–Crippen LogP) is 3.74. The molecule has 3 heteroatoms. The Morgan fingerprint density at radius 3 is 2.62 bits per heavy atom. The smallest absolute Gasteiger partial charge is 0.119 e. The first-order chi connectivity index (χ1) is 10.2. The third-order valence-electron chi connectivity index (χ3n) is 4.90. The molecule has 0 spiro atoms. The van der Waals surface area contributed by atoms with Crippen molar-refractivity contribution < 1.29 is 4.74 Å². The van der Waals surface area contributed by atoms with Gasteiger partial charge in [-0.1, -0.05) is 38.3 Å². The van der Waals surface area contributed by atoms with Crippen LogP contribution in [0.15, 0.2) is 24.3 Å². The number of likely N-dealkylation sites (N-methyl/N-ethyl adjacent to an activating group) is 1. The predicted molar refractivity (Wildman–Crippen MR) is 88.6 cm³/mol. The maximum atomic E-state index is 6.47. The van der Waals surface area contributed by atoms with Crippen LogP contribution in [-0.4, -0.2) is 31.1 Å². The Morgan fingerprint density at radius 1 is 1.29 bits per heavy atom. The number of hydrogen-bond acceptors (Lipinski definition) is 3. The first-order valence-electron chi connectivity index (χ1n) is 8.28. The SMILES string of the molecule is CCC(N)C(c1cccc(OC)c1)N(C)C1CCCCC1. The Bertz CT molecular complexity index is 429. The topological polar surface area (TPSA) is 38.5 Å². The summed E-state index contributed by atoms with van der Waals surface area (Å²) in [5.41, 5.74) is 7.74. The van der Waals surface area contributed by atoms with E-state index in [4.69, 9.17) is 10.5 Å². The van der Waals surface area contributed by atoms with Gasteiger partial charge >= 0.3 is 0 Å². The van der Waals surface area contributed by atoms with Gasteiger partial charge in [-0.3, -0.25) is 4.90 Å². The quantitative estimate of drug-likeness (QED) is 0.867. The summed E-state index contributed by atoms with van der Waals surface area (Å²) in [6.45, 7) is 2.17. The van der Waals surface area contributed by atoms with Crippen LogP contribution in [0.3, 0.4) is 0 Å². The molecule has 2 unspecified atom stereocenters. The van der Waals surface area contributed by atoms with Crippen molar-refractivity contribution in [1.29, 1.82) is 0 Å². The zero-order valence-electron chi connectivity index (χ0n) is 13.7. The van der Waals surface area contributed by atoms with Crippen LogP contribution in [0, 0.1) is 0 Å². The molecular formula is C18H30N2O. The molecule has 1 aromatic carbocycles. The molecule has 0 amide bonds. The lowest BCUT2D eigenvalue weighted by Gasteiger charge is -2.40.